The number of nitrogen functional groups attached to an aromatic ring is 1. The van der Waals surface area contributed by atoms with E-state index in [2.05, 4.69) is 15.9 Å². The van der Waals surface area contributed by atoms with E-state index in [1.807, 2.05) is 12.1 Å². The van der Waals surface area contributed by atoms with Crippen molar-refractivity contribution in [1.82, 2.24) is 0 Å². The predicted molar refractivity (Wildman–Crippen MR) is 75.9 cm³/mol. The van der Waals surface area contributed by atoms with Gasteiger partial charge in [-0.3, -0.25) is 0 Å². The Morgan fingerprint density at radius 1 is 1.00 bits per heavy atom. The van der Waals surface area contributed by atoms with Crippen LogP contribution in [0.3, 0.4) is 0 Å². The number of benzene rings is 2. The molecule has 19 heavy (non-hydrogen) atoms. The summed E-state index contributed by atoms with van der Waals surface area (Å²) in [5, 5.41) is 0. The number of anilines is 1. The van der Waals surface area contributed by atoms with Crippen molar-refractivity contribution in [2.75, 3.05) is 18.9 Å². The highest BCUT2D eigenvalue weighted by atomic mass is 79.9. The van der Waals surface area contributed by atoms with Gasteiger partial charge < -0.3 is 15.2 Å². The van der Waals surface area contributed by atoms with Crippen LogP contribution in [0, 0.1) is 5.82 Å². The first-order valence-corrected chi connectivity index (χ1v) is 6.50. The highest BCUT2D eigenvalue weighted by Crippen LogP contribution is 2.21. The number of ether oxygens (including phenoxy) is 2. The molecular weight excluding hydrogens is 313 g/mol. The first-order chi connectivity index (χ1) is 9.15. The minimum absolute atomic E-state index is 0.329. The third-order valence-electron chi connectivity index (χ3n) is 2.37. The molecule has 3 nitrogen and oxygen atoms in total. The summed E-state index contributed by atoms with van der Waals surface area (Å²) in [6.07, 6.45) is 0. The van der Waals surface area contributed by atoms with Gasteiger partial charge in [0, 0.05) is 17.8 Å². The maximum atomic E-state index is 13.2. The van der Waals surface area contributed by atoms with Gasteiger partial charge in [-0.25, -0.2) is 4.39 Å². The molecular formula is C14H13BrFNO2. The Balaban J connectivity index is 1.79. The molecule has 0 aliphatic heterocycles. The van der Waals surface area contributed by atoms with Gasteiger partial charge in [0.15, 0.2) is 0 Å². The molecule has 0 saturated carbocycles. The van der Waals surface area contributed by atoms with Crippen molar-refractivity contribution in [2.24, 2.45) is 0 Å². The number of halogens is 2. The smallest absolute Gasteiger partial charge is 0.141 e. The second kappa shape index (κ2) is 6.43. The Morgan fingerprint density at radius 2 is 1.68 bits per heavy atom. The summed E-state index contributed by atoms with van der Waals surface area (Å²) in [7, 11) is 0. The zero-order valence-electron chi connectivity index (χ0n) is 10.1. The third kappa shape index (κ3) is 4.13. The largest absolute Gasteiger partial charge is 0.490 e. The molecule has 0 aliphatic carbocycles. The molecule has 0 saturated heterocycles. The van der Waals surface area contributed by atoms with Gasteiger partial charge in [-0.05, 0) is 40.2 Å². The zero-order chi connectivity index (χ0) is 13.7. The lowest BCUT2D eigenvalue weighted by atomic mass is 10.3. The van der Waals surface area contributed by atoms with Crippen LogP contribution in [0.4, 0.5) is 10.1 Å². The van der Waals surface area contributed by atoms with Crippen LogP contribution in [0.25, 0.3) is 0 Å². The summed E-state index contributed by atoms with van der Waals surface area (Å²) in [5.41, 5.74) is 6.27. The predicted octanol–water partition coefficient (Wildman–Crippen LogP) is 3.63. The fourth-order valence-corrected chi connectivity index (χ4v) is 1.74. The van der Waals surface area contributed by atoms with Crippen molar-refractivity contribution in [3.05, 3.63) is 52.8 Å². The standard InChI is InChI=1S/C14H13BrFNO2/c15-13-5-4-12(9-14(13)16)19-7-6-18-11-3-1-2-10(17)8-11/h1-5,8-9H,6-7,17H2. The molecule has 0 spiro atoms. The van der Waals surface area contributed by atoms with Crippen LogP contribution in [-0.4, -0.2) is 13.2 Å². The molecule has 2 rings (SSSR count). The molecule has 0 heterocycles. The SMILES string of the molecule is Nc1cccc(OCCOc2ccc(Br)c(F)c2)c1. The fourth-order valence-electron chi connectivity index (χ4n) is 1.49. The number of nitrogens with two attached hydrogens (primary N) is 1. The van der Waals surface area contributed by atoms with Gasteiger partial charge >= 0.3 is 0 Å². The molecule has 5 heteroatoms. The Hall–Kier alpha value is -1.75. The van der Waals surface area contributed by atoms with E-state index in [4.69, 9.17) is 15.2 Å². The lowest BCUT2D eigenvalue weighted by molar-refractivity contribution is 0.216. The molecule has 0 aliphatic rings. The van der Waals surface area contributed by atoms with Gasteiger partial charge in [-0.1, -0.05) is 6.07 Å². The highest BCUT2D eigenvalue weighted by molar-refractivity contribution is 9.10. The summed E-state index contributed by atoms with van der Waals surface area (Å²) in [6.45, 7) is 0.691. The van der Waals surface area contributed by atoms with Crippen LogP contribution < -0.4 is 15.2 Å². The van der Waals surface area contributed by atoms with Crippen molar-refractivity contribution in [3.63, 3.8) is 0 Å². The van der Waals surface area contributed by atoms with E-state index in [1.54, 1.807) is 24.3 Å². The van der Waals surface area contributed by atoms with Gasteiger partial charge in [0.25, 0.3) is 0 Å². The number of hydrogen-bond donors (Lipinski definition) is 1. The molecule has 2 N–H and O–H groups in total. The first-order valence-electron chi connectivity index (χ1n) is 5.71. The van der Waals surface area contributed by atoms with Gasteiger partial charge in [-0.15, -0.1) is 0 Å². The molecule has 0 amide bonds. The summed E-state index contributed by atoms with van der Waals surface area (Å²) in [6, 6.07) is 11.8. The Bertz CT molecular complexity index is 563. The van der Waals surface area contributed by atoms with Crippen LogP contribution >= 0.6 is 15.9 Å². The van der Waals surface area contributed by atoms with Gasteiger partial charge in [-0.2, -0.15) is 0 Å². The topological polar surface area (TPSA) is 44.5 Å². The summed E-state index contributed by atoms with van der Waals surface area (Å²) in [4.78, 5) is 0. The van der Waals surface area contributed by atoms with Crippen LogP contribution in [0.5, 0.6) is 11.5 Å². The molecule has 100 valence electrons. The van der Waals surface area contributed by atoms with E-state index in [0.717, 1.165) is 0 Å². The molecule has 0 atom stereocenters. The third-order valence-corrected chi connectivity index (χ3v) is 3.01. The average molecular weight is 326 g/mol. The Labute approximate surface area is 119 Å². The molecule has 0 bridgehead atoms. The van der Waals surface area contributed by atoms with Crippen molar-refractivity contribution < 1.29 is 13.9 Å². The lowest BCUT2D eigenvalue weighted by Gasteiger charge is -2.09. The fraction of sp³-hybridized carbons (Fsp3) is 0.143. The zero-order valence-corrected chi connectivity index (χ0v) is 11.7. The average Bonchev–Trinajstić information content (AvgIpc) is 2.39. The minimum atomic E-state index is -0.353. The lowest BCUT2D eigenvalue weighted by Crippen LogP contribution is -2.09. The summed E-state index contributed by atoms with van der Waals surface area (Å²) < 4.78 is 24.5. The van der Waals surface area contributed by atoms with Gasteiger partial charge in [0.1, 0.15) is 30.5 Å². The Kier molecular flexibility index (Phi) is 4.63. The molecule has 0 aromatic heterocycles. The molecule has 0 radical (unpaired) electrons. The molecule has 0 fully saturated rings. The van der Waals surface area contributed by atoms with E-state index >= 15 is 0 Å². The molecule has 2 aromatic carbocycles. The van der Waals surface area contributed by atoms with E-state index in [1.165, 1.54) is 6.07 Å². The van der Waals surface area contributed by atoms with E-state index in [-0.39, 0.29) is 5.82 Å². The second-order valence-electron chi connectivity index (χ2n) is 3.85. The van der Waals surface area contributed by atoms with Crippen molar-refractivity contribution in [3.8, 4) is 11.5 Å². The van der Waals surface area contributed by atoms with E-state index in [0.29, 0.717) is 34.9 Å². The van der Waals surface area contributed by atoms with Crippen LogP contribution in [-0.2, 0) is 0 Å². The Morgan fingerprint density at radius 3 is 2.32 bits per heavy atom. The first kappa shape index (κ1) is 13.7. The number of hydrogen-bond acceptors (Lipinski definition) is 3. The van der Waals surface area contributed by atoms with Crippen molar-refractivity contribution >= 4 is 21.6 Å². The molecule has 0 unspecified atom stereocenters. The van der Waals surface area contributed by atoms with E-state index in [9.17, 15) is 4.39 Å². The van der Waals surface area contributed by atoms with Crippen molar-refractivity contribution in [2.45, 2.75) is 0 Å². The monoisotopic (exact) mass is 325 g/mol. The van der Waals surface area contributed by atoms with Crippen LogP contribution in [0.1, 0.15) is 0 Å². The highest BCUT2D eigenvalue weighted by Gasteiger charge is 2.01. The quantitative estimate of drug-likeness (QED) is 0.674. The van der Waals surface area contributed by atoms with Gasteiger partial charge in [0.05, 0.1) is 4.47 Å². The maximum Gasteiger partial charge on any atom is 0.141 e. The maximum absolute atomic E-state index is 13.2. The number of rotatable bonds is 5. The molecule has 2 aromatic rings. The second-order valence-corrected chi connectivity index (χ2v) is 4.70. The van der Waals surface area contributed by atoms with Crippen LogP contribution in [0.2, 0.25) is 0 Å². The van der Waals surface area contributed by atoms with E-state index < -0.39 is 0 Å². The normalized spacial score (nSPS) is 10.2. The van der Waals surface area contributed by atoms with Crippen LogP contribution in [0.15, 0.2) is 46.9 Å². The van der Waals surface area contributed by atoms with Crippen molar-refractivity contribution in [1.29, 1.82) is 0 Å². The minimum Gasteiger partial charge on any atom is -0.490 e. The van der Waals surface area contributed by atoms with Gasteiger partial charge in [0.2, 0.25) is 0 Å². The summed E-state index contributed by atoms with van der Waals surface area (Å²) >= 11 is 3.08. The summed E-state index contributed by atoms with van der Waals surface area (Å²) in [5.74, 6) is 0.803.